The van der Waals surface area contributed by atoms with Crippen molar-refractivity contribution in [1.82, 2.24) is 19.4 Å². The van der Waals surface area contributed by atoms with Gasteiger partial charge in [-0.25, -0.2) is 9.97 Å². The van der Waals surface area contributed by atoms with Crippen molar-refractivity contribution in [1.29, 1.82) is 0 Å². The number of nitrogens with zero attached hydrogens (tertiary/aromatic N) is 4. The molecule has 5 rings (SSSR count). The van der Waals surface area contributed by atoms with E-state index in [2.05, 4.69) is 57.3 Å². The van der Waals surface area contributed by atoms with Gasteiger partial charge in [0.25, 0.3) is 0 Å². The monoisotopic (exact) mass is 418 g/mol. The second-order valence-corrected chi connectivity index (χ2v) is 8.63. The van der Waals surface area contributed by atoms with Gasteiger partial charge in [0.1, 0.15) is 12.1 Å². The first-order valence-electron chi connectivity index (χ1n) is 10.7. The number of likely N-dealkylation sites (tertiary alicyclic amines) is 1. The Kier molecular flexibility index (Phi) is 5.77. The fourth-order valence-electron chi connectivity index (χ4n) is 4.08. The number of piperidine rings is 1. The molecule has 1 fully saturated rings. The van der Waals surface area contributed by atoms with Crippen LogP contribution in [0.2, 0.25) is 0 Å². The number of benzene rings is 2. The molecule has 0 unspecified atom stereocenters. The third-order valence-electron chi connectivity index (χ3n) is 5.70. The Balaban J connectivity index is 1.21. The van der Waals surface area contributed by atoms with E-state index in [4.69, 9.17) is 4.74 Å². The van der Waals surface area contributed by atoms with E-state index in [9.17, 15) is 0 Å². The fraction of sp³-hybridized carbons (Fsp3) is 0.333. The van der Waals surface area contributed by atoms with Crippen LogP contribution in [-0.4, -0.2) is 45.7 Å². The molecule has 1 aliphatic rings. The van der Waals surface area contributed by atoms with Crippen molar-refractivity contribution in [3.63, 3.8) is 0 Å². The van der Waals surface area contributed by atoms with Crippen molar-refractivity contribution >= 4 is 22.4 Å². The highest BCUT2D eigenvalue weighted by Crippen LogP contribution is 2.27. The molecule has 6 heteroatoms. The molecule has 30 heavy (non-hydrogen) atoms. The molecule has 0 atom stereocenters. The molecule has 2 aromatic heterocycles. The number of imidazole rings is 1. The molecule has 0 saturated carbocycles. The summed E-state index contributed by atoms with van der Waals surface area (Å²) in [5.41, 5.74) is 4.37. The average molecular weight is 419 g/mol. The molecule has 2 aromatic carbocycles. The number of thiazole rings is 1. The van der Waals surface area contributed by atoms with Gasteiger partial charge in [0.15, 0.2) is 5.13 Å². The number of fused-ring (bicyclic) bond motifs is 1. The van der Waals surface area contributed by atoms with Crippen LogP contribution in [0.5, 0.6) is 5.75 Å². The zero-order valence-corrected chi connectivity index (χ0v) is 17.9. The summed E-state index contributed by atoms with van der Waals surface area (Å²) in [5, 5.41) is 2.92. The molecule has 0 bridgehead atoms. The van der Waals surface area contributed by atoms with Gasteiger partial charge in [-0.3, -0.25) is 4.57 Å². The lowest BCUT2D eigenvalue weighted by Gasteiger charge is -2.26. The molecule has 0 N–H and O–H groups in total. The average Bonchev–Trinajstić information content (AvgIpc) is 3.47. The molecule has 4 aromatic rings. The quantitative estimate of drug-likeness (QED) is 0.377. The molecule has 0 amide bonds. The van der Waals surface area contributed by atoms with E-state index in [1.807, 2.05) is 22.5 Å². The molecule has 1 aliphatic heterocycles. The van der Waals surface area contributed by atoms with Crippen LogP contribution in [0.15, 0.2) is 60.4 Å². The zero-order valence-electron chi connectivity index (χ0n) is 17.0. The van der Waals surface area contributed by atoms with Gasteiger partial charge in [-0.2, -0.15) is 0 Å². The predicted molar refractivity (Wildman–Crippen MR) is 123 cm³/mol. The van der Waals surface area contributed by atoms with Gasteiger partial charge in [-0.05, 0) is 67.7 Å². The van der Waals surface area contributed by atoms with Gasteiger partial charge < -0.3 is 9.64 Å². The maximum atomic E-state index is 5.95. The second-order valence-electron chi connectivity index (χ2n) is 7.76. The van der Waals surface area contributed by atoms with Crippen LogP contribution in [-0.2, 0) is 0 Å². The SMILES string of the molecule is c1csc(-n2cnc3cc(-c4ccc(OCCCN5CCCCC5)cc4)ccc32)n1. The van der Waals surface area contributed by atoms with Gasteiger partial charge in [-0.1, -0.05) is 24.6 Å². The molecule has 154 valence electrons. The predicted octanol–water partition coefficient (Wildman–Crippen LogP) is 5.40. The molecule has 3 heterocycles. The number of aromatic nitrogens is 3. The number of rotatable bonds is 7. The summed E-state index contributed by atoms with van der Waals surface area (Å²) in [4.78, 5) is 11.5. The van der Waals surface area contributed by atoms with E-state index in [0.29, 0.717) is 0 Å². The Labute approximate surface area is 181 Å². The normalized spacial score (nSPS) is 14.9. The minimum atomic E-state index is 0.774. The van der Waals surface area contributed by atoms with Crippen molar-refractivity contribution in [2.75, 3.05) is 26.2 Å². The topological polar surface area (TPSA) is 43.2 Å². The van der Waals surface area contributed by atoms with Crippen LogP contribution in [0.3, 0.4) is 0 Å². The van der Waals surface area contributed by atoms with E-state index in [-0.39, 0.29) is 0 Å². The van der Waals surface area contributed by atoms with Crippen LogP contribution in [0.1, 0.15) is 25.7 Å². The molecule has 1 saturated heterocycles. The molecule has 0 radical (unpaired) electrons. The Bertz CT molecular complexity index is 1080. The number of hydrogen-bond donors (Lipinski definition) is 0. The first-order valence-corrected chi connectivity index (χ1v) is 11.6. The van der Waals surface area contributed by atoms with Gasteiger partial charge >= 0.3 is 0 Å². The Morgan fingerprint density at radius 2 is 1.77 bits per heavy atom. The Morgan fingerprint density at radius 1 is 0.933 bits per heavy atom. The summed E-state index contributed by atoms with van der Waals surface area (Å²) in [6, 6.07) is 14.8. The lowest BCUT2D eigenvalue weighted by atomic mass is 10.1. The summed E-state index contributed by atoms with van der Waals surface area (Å²) in [6.45, 7) is 4.42. The van der Waals surface area contributed by atoms with Crippen molar-refractivity contribution in [2.24, 2.45) is 0 Å². The first-order chi connectivity index (χ1) is 14.9. The van der Waals surface area contributed by atoms with Crippen molar-refractivity contribution in [2.45, 2.75) is 25.7 Å². The summed E-state index contributed by atoms with van der Waals surface area (Å²) < 4.78 is 7.99. The minimum absolute atomic E-state index is 0.774. The first kappa shape index (κ1) is 19.3. The van der Waals surface area contributed by atoms with Gasteiger partial charge in [0.2, 0.25) is 0 Å². The van der Waals surface area contributed by atoms with Crippen LogP contribution >= 0.6 is 11.3 Å². The van der Waals surface area contributed by atoms with Crippen molar-refractivity contribution in [3.8, 4) is 22.0 Å². The van der Waals surface area contributed by atoms with Crippen LogP contribution in [0.4, 0.5) is 0 Å². The standard InChI is InChI=1S/C24H26N4OS/c1-2-12-27(13-3-1)14-4-15-29-21-8-5-19(6-9-21)20-7-10-23-22(17-20)26-18-28(23)24-25-11-16-30-24/h5-11,16-18H,1-4,12-15H2. The van der Waals surface area contributed by atoms with Crippen LogP contribution < -0.4 is 4.74 Å². The molecule has 0 spiro atoms. The number of ether oxygens (including phenoxy) is 1. The van der Waals surface area contributed by atoms with E-state index < -0.39 is 0 Å². The second kappa shape index (κ2) is 8.98. The molecular weight excluding hydrogens is 392 g/mol. The Morgan fingerprint density at radius 3 is 2.57 bits per heavy atom. The largest absolute Gasteiger partial charge is 0.494 e. The Hall–Kier alpha value is -2.70. The maximum absolute atomic E-state index is 5.95. The van der Waals surface area contributed by atoms with Crippen molar-refractivity contribution in [3.05, 3.63) is 60.4 Å². The summed E-state index contributed by atoms with van der Waals surface area (Å²) >= 11 is 1.61. The lowest BCUT2D eigenvalue weighted by Crippen LogP contribution is -2.31. The van der Waals surface area contributed by atoms with Gasteiger partial charge in [0, 0.05) is 18.1 Å². The van der Waals surface area contributed by atoms with Crippen LogP contribution in [0.25, 0.3) is 27.3 Å². The smallest absolute Gasteiger partial charge is 0.195 e. The minimum Gasteiger partial charge on any atom is -0.494 e. The summed E-state index contributed by atoms with van der Waals surface area (Å²) in [5.74, 6) is 0.937. The maximum Gasteiger partial charge on any atom is 0.195 e. The summed E-state index contributed by atoms with van der Waals surface area (Å²) in [6.07, 6.45) is 8.82. The van der Waals surface area contributed by atoms with E-state index in [1.54, 1.807) is 11.3 Å². The highest BCUT2D eigenvalue weighted by molar-refractivity contribution is 7.12. The van der Waals surface area contributed by atoms with E-state index >= 15 is 0 Å². The third-order valence-corrected chi connectivity index (χ3v) is 6.47. The lowest BCUT2D eigenvalue weighted by molar-refractivity contribution is 0.205. The molecule has 5 nitrogen and oxygen atoms in total. The highest BCUT2D eigenvalue weighted by Gasteiger charge is 2.10. The molecular formula is C24H26N4OS. The van der Waals surface area contributed by atoms with Gasteiger partial charge in [0.05, 0.1) is 17.6 Å². The molecule has 0 aliphatic carbocycles. The third kappa shape index (κ3) is 4.25. The van der Waals surface area contributed by atoms with E-state index in [1.165, 1.54) is 37.9 Å². The zero-order chi connectivity index (χ0) is 20.2. The van der Waals surface area contributed by atoms with Crippen molar-refractivity contribution < 1.29 is 4.74 Å². The highest BCUT2D eigenvalue weighted by atomic mass is 32.1. The number of hydrogen-bond acceptors (Lipinski definition) is 5. The fourth-order valence-corrected chi connectivity index (χ4v) is 4.71. The van der Waals surface area contributed by atoms with E-state index in [0.717, 1.165) is 47.1 Å². The van der Waals surface area contributed by atoms with Crippen LogP contribution in [0, 0.1) is 0 Å². The van der Waals surface area contributed by atoms with Gasteiger partial charge in [-0.15, -0.1) is 11.3 Å². The summed E-state index contributed by atoms with van der Waals surface area (Å²) in [7, 11) is 0.